The van der Waals surface area contributed by atoms with Gasteiger partial charge in [-0.2, -0.15) is 0 Å². The summed E-state index contributed by atoms with van der Waals surface area (Å²) in [5.74, 6) is 0. The van der Waals surface area contributed by atoms with Crippen LogP contribution in [0.1, 0.15) is 11.1 Å². The summed E-state index contributed by atoms with van der Waals surface area (Å²) in [4.78, 5) is 13.7. The standard InChI is InChI=1S/C19H17NO2/c1-20(2)16-11-8-14(9-12-16)7-10-15-13-19(21)22-18-6-4-3-5-17(15)18/h3-13H,1-2H3/b10-7-. The summed E-state index contributed by atoms with van der Waals surface area (Å²) in [6.07, 6.45) is 3.95. The van der Waals surface area contributed by atoms with Gasteiger partial charge in [-0.25, -0.2) is 4.79 Å². The van der Waals surface area contributed by atoms with E-state index in [1.165, 1.54) is 6.07 Å². The molecule has 3 nitrogen and oxygen atoms in total. The molecule has 0 unspecified atom stereocenters. The molecule has 1 heterocycles. The molecule has 3 aromatic rings. The number of benzene rings is 2. The fourth-order valence-corrected chi connectivity index (χ4v) is 2.34. The third-order valence-electron chi connectivity index (χ3n) is 3.55. The number of hydrogen-bond donors (Lipinski definition) is 0. The molecule has 0 bridgehead atoms. The molecule has 0 atom stereocenters. The summed E-state index contributed by atoms with van der Waals surface area (Å²) in [5.41, 5.74) is 3.38. The number of rotatable bonds is 3. The third-order valence-corrected chi connectivity index (χ3v) is 3.55. The van der Waals surface area contributed by atoms with Crippen LogP contribution in [-0.4, -0.2) is 14.1 Å². The average molecular weight is 291 g/mol. The minimum absolute atomic E-state index is 0.332. The molecule has 0 saturated carbocycles. The van der Waals surface area contributed by atoms with Gasteiger partial charge in [0.05, 0.1) is 0 Å². The smallest absolute Gasteiger partial charge is 0.336 e. The largest absolute Gasteiger partial charge is 0.423 e. The van der Waals surface area contributed by atoms with Gasteiger partial charge in [0.15, 0.2) is 0 Å². The van der Waals surface area contributed by atoms with Gasteiger partial charge in [0, 0.05) is 31.2 Å². The van der Waals surface area contributed by atoms with E-state index >= 15 is 0 Å². The maximum atomic E-state index is 11.6. The van der Waals surface area contributed by atoms with Crippen LogP contribution < -0.4 is 10.5 Å². The molecule has 0 aliphatic heterocycles. The minimum atomic E-state index is -0.332. The number of hydrogen-bond acceptors (Lipinski definition) is 3. The lowest BCUT2D eigenvalue weighted by Crippen LogP contribution is -2.07. The van der Waals surface area contributed by atoms with Gasteiger partial charge in [0.2, 0.25) is 0 Å². The van der Waals surface area contributed by atoms with Crippen molar-refractivity contribution in [1.82, 2.24) is 0 Å². The van der Waals surface area contributed by atoms with E-state index in [0.717, 1.165) is 22.2 Å². The zero-order valence-electron chi connectivity index (χ0n) is 12.6. The van der Waals surface area contributed by atoms with Crippen LogP contribution in [0.3, 0.4) is 0 Å². The molecule has 3 rings (SSSR count). The van der Waals surface area contributed by atoms with Gasteiger partial charge in [0.1, 0.15) is 5.58 Å². The van der Waals surface area contributed by atoms with Crippen molar-refractivity contribution in [3.05, 3.63) is 76.1 Å². The lowest BCUT2D eigenvalue weighted by atomic mass is 10.1. The van der Waals surface area contributed by atoms with E-state index in [-0.39, 0.29) is 5.63 Å². The molecular weight excluding hydrogens is 274 g/mol. The van der Waals surface area contributed by atoms with Crippen molar-refractivity contribution in [2.75, 3.05) is 19.0 Å². The molecule has 1 aromatic heterocycles. The van der Waals surface area contributed by atoms with E-state index in [1.54, 1.807) is 6.07 Å². The highest BCUT2D eigenvalue weighted by molar-refractivity contribution is 5.89. The van der Waals surface area contributed by atoms with E-state index < -0.39 is 0 Å². The second kappa shape index (κ2) is 5.90. The van der Waals surface area contributed by atoms with Crippen LogP contribution in [0, 0.1) is 0 Å². The van der Waals surface area contributed by atoms with E-state index in [1.807, 2.05) is 44.4 Å². The maximum absolute atomic E-state index is 11.6. The van der Waals surface area contributed by atoms with E-state index in [2.05, 4.69) is 29.2 Å². The van der Waals surface area contributed by atoms with Gasteiger partial charge in [-0.05, 0) is 29.3 Å². The second-order valence-electron chi connectivity index (χ2n) is 5.34. The Kier molecular flexibility index (Phi) is 3.79. The predicted octanol–water partition coefficient (Wildman–Crippen LogP) is 4.03. The van der Waals surface area contributed by atoms with Crippen molar-refractivity contribution in [2.45, 2.75) is 0 Å². The predicted molar refractivity (Wildman–Crippen MR) is 92.2 cm³/mol. The van der Waals surface area contributed by atoms with Gasteiger partial charge in [-0.15, -0.1) is 0 Å². The van der Waals surface area contributed by atoms with Gasteiger partial charge >= 0.3 is 5.63 Å². The minimum Gasteiger partial charge on any atom is -0.423 e. The topological polar surface area (TPSA) is 33.5 Å². The summed E-state index contributed by atoms with van der Waals surface area (Å²) >= 11 is 0. The Bertz CT molecular complexity index is 874. The molecule has 0 spiro atoms. The number of fused-ring (bicyclic) bond motifs is 1. The Labute approximate surface area is 129 Å². The summed E-state index contributed by atoms with van der Waals surface area (Å²) in [6.45, 7) is 0. The number of anilines is 1. The van der Waals surface area contributed by atoms with Gasteiger partial charge in [-0.1, -0.05) is 42.5 Å². The average Bonchev–Trinajstić information content (AvgIpc) is 2.52. The summed E-state index contributed by atoms with van der Waals surface area (Å²) in [6, 6.07) is 17.3. The number of para-hydroxylation sites is 1. The lowest BCUT2D eigenvalue weighted by Gasteiger charge is -2.11. The van der Waals surface area contributed by atoms with Crippen LogP contribution in [0.4, 0.5) is 5.69 Å². The third kappa shape index (κ3) is 2.93. The van der Waals surface area contributed by atoms with Crippen molar-refractivity contribution in [3.63, 3.8) is 0 Å². The van der Waals surface area contributed by atoms with Crippen LogP contribution in [0.5, 0.6) is 0 Å². The van der Waals surface area contributed by atoms with E-state index in [9.17, 15) is 4.79 Å². The molecule has 0 fully saturated rings. The molecule has 3 heteroatoms. The molecule has 0 saturated heterocycles. The van der Waals surface area contributed by atoms with Crippen LogP contribution in [0.25, 0.3) is 23.1 Å². The fourth-order valence-electron chi connectivity index (χ4n) is 2.34. The second-order valence-corrected chi connectivity index (χ2v) is 5.34. The van der Waals surface area contributed by atoms with Crippen LogP contribution in [-0.2, 0) is 0 Å². The molecule has 0 aliphatic rings. The Morgan fingerprint density at radius 3 is 2.41 bits per heavy atom. The molecular formula is C19H17NO2. The molecule has 2 aromatic carbocycles. The Hall–Kier alpha value is -2.81. The Balaban J connectivity index is 1.97. The summed E-state index contributed by atoms with van der Waals surface area (Å²) in [7, 11) is 4.03. The first-order chi connectivity index (χ1) is 10.6. The number of nitrogens with zero attached hydrogens (tertiary/aromatic N) is 1. The molecule has 22 heavy (non-hydrogen) atoms. The van der Waals surface area contributed by atoms with Gasteiger partial charge < -0.3 is 9.32 Å². The highest BCUT2D eigenvalue weighted by Crippen LogP contribution is 2.19. The highest BCUT2D eigenvalue weighted by atomic mass is 16.4. The van der Waals surface area contributed by atoms with Gasteiger partial charge in [-0.3, -0.25) is 0 Å². The van der Waals surface area contributed by atoms with Crippen LogP contribution >= 0.6 is 0 Å². The molecule has 0 aliphatic carbocycles. The zero-order chi connectivity index (χ0) is 15.5. The monoisotopic (exact) mass is 291 g/mol. The molecule has 0 N–H and O–H groups in total. The van der Waals surface area contributed by atoms with Crippen molar-refractivity contribution in [3.8, 4) is 0 Å². The highest BCUT2D eigenvalue weighted by Gasteiger charge is 2.02. The maximum Gasteiger partial charge on any atom is 0.336 e. The van der Waals surface area contributed by atoms with E-state index in [0.29, 0.717) is 5.58 Å². The summed E-state index contributed by atoms with van der Waals surface area (Å²) < 4.78 is 5.20. The van der Waals surface area contributed by atoms with Crippen molar-refractivity contribution >= 4 is 28.8 Å². The zero-order valence-corrected chi connectivity index (χ0v) is 12.6. The van der Waals surface area contributed by atoms with Gasteiger partial charge in [0.25, 0.3) is 0 Å². The first-order valence-corrected chi connectivity index (χ1v) is 7.12. The Morgan fingerprint density at radius 2 is 1.68 bits per heavy atom. The Morgan fingerprint density at radius 1 is 0.955 bits per heavy atom. The first-order valence-electron chi connectivity index (χ1n) is 7.12. The first kappa shape index (κ1) is 14.1. The molecule has 0 amide bonds. The fraction of sp³-hybridized carbons (Fsp3) is 0.105. The SMILES string of the molecule is CN(C)c1ccc(/C=C\c2cc(=O)oc3ccccc23)cc1. The van der Waals surface area contributed by atoms with Crippen LogP contribution in [0.2, 0.25) is 0 Å². The molecule has 0 radical (unpaired) electrons. The van der Waals surface area contributed by atoms with Crippen LogP contribution in [0.15, 0.2) is 63.8 Å². The summed E-state index contributed by atoms with van der Waals surface area (Å²) in [5, 5.41) is 0.934. The van der Waals surface area contributed by atoms with Crippen molar-refractivity contribution < 1.29 is 4.42 Å². The van der Waals surface area contributed by atoms with E-state index in [4.69, 9.17) is 4.42 Å². The van der Waals surface area contributed by atoms with Crippen molar-refractivity contribution in [2.24, 2.45) is 0 Å². The lowest BCUT2D eigenvalue weighted by molar-refractivity contribution is 0.560. The normalized spacial score (nSPS) is 11.2. The molecule has 110 valence electrons. The quantitative estimate of drug-likeness (QED) is 0.683. The van der Waals surface area contributed by atoms with Crippen molar-refractivity contribution in [1.29, 1.82) is 0 Å².